The predicted octanol–water partition coefficient (Wildman–Crippen LogP) is 5.08. The molecule has 1 aromatic carbocycles. The topological polar surface area (TPSA) is 20.2 Å². The highest BCUT2D eigenvalue weighted by Gasteiger charge is 2.55. The summed E-state index contributed by atoms with van der Waals surface area (Å²) >= 11 is 0. The molecule has 1 aromatic rings. The smallest absolute Gasteiger partial charge is 0.0896 e. The second kappa shape index (κ2) is 5.14. The van der Waals surface area contributed by atoms with Crippen molar-refractivity contribution in [2.75, 3.05) is 0 Å². The van der Waals surface area contributed by atoms with Crippen LogP contribution in [-0.4, -0.2) is 11.2 Å². The van der Waals surface area contributed by atoms with E-state index >= 15 is 0 Å². The van der Waals surface area contributed by atoms with Gasteiger partial charge in [0.15, 0.2) is 0 Å². The first-order valence-electron chi connectivity index (χ1n) is 7.74. The van der Waals surface area contributed by atoms with Gasteiger partial charge in [-0.15, -0.1) is 0 Å². The second-order valence-corrected chi connectivity index (χ2v) is 8.12. The van der Waals surface area contributed by atoms with Crippen LogP contribution in [0.4, 0.5) is 0 Å². The van der Waals surface area contributed by atoms with E-state index < -0.39 is 6.10 Å². The molecule has 1 aliphatic rings. The largest absolute Gasteiger partial charge is 0.387 e. The van der Waals surface area contributed by atoms with Crippen molar-refractivity contribution in [3.63, 3.8) is 0 Å². The molecule has 0 spiro atoms. The lowest BCUT2D eigenvalue weighted by molar-refractivity contribution is -0.0657. The van der Waals surface area contributed by atoms with E-state index in [1.807, 2.05) is 18.2 Å². The molecule has 1 heteroatoms. The minimum atomic E-state index is -0.509. The van der Waals surface area contributed by atoms with Crippen LogP contribution in [0.5, 0.6) is 0 Å². The lowest BCUT2D eigenvalue weighted by Crippen LogP contribution is -2.54. The Morgan fingerprint density at radius 2 is 1.43 bits per heavy atom. The van der Waals surface area contributed by atoms with E-state index in [1.54, 1.807) is 0 Å². The molecule has 0 fully saturated rings. The third kappa shape index (κ3) is 2.48. The Morgan fingerprint density at radius 3 is 1.90 bits per heavy atom. The maximum Gasteiger partial charge on any atom is 0.0896 e. The van der Waals surface area contributed by atoms with E-state index in [-0.39, 0.29) is 16.2 Å². The van der Waals surface area contributed by atoms with Gasteiger partial charge in [-0.3, -0.25) is 0 Å². The Kier molecular flexibility index (Phi) is 3.92. The fourth-order valence-corrected chi connectivity index (χ4v) is 4.06. The summed E-state index contributed by atoms with van der Waals surface area (Å²) in [5.41, 5.74) is 1.72. The molecule has 1 N–H and O–H groups in total. The quantitative estimate of drug-likeness (QED) is 0.762. The Bertz CT molecular complexity index is 536. The zero-order valence-corrected chi connectivity index (χ0v) is 14.1. The molecule has 21 heavy (non-hydrogen) atoms. The first-order valence-corrected chi connectivity index (χ1v) is 7.74. The zero-order chi connectivity index (χ0) is 15.9. The number of benzene rings is 1. The number of hydrogen-bond donors (Lipinski definition) is 1. The molecule has 0 amide bonds. The number of allylic oxidation sites excluding steroid dienone is 2. The lowest BCUT2D eigenvalue weighted by Gasteiger charge is -2.56. The Balaban J connectivity index is 2.58. The first kappa shape index (κ1) is 16.0. The normalized spacial score (nSPS) is 22.0. The predicted molar refractivity (Wildman–Crippen MR) is 90.9 cm³/mol. The van der Waals surface area contributed by atoms with Crippen LogP contribution in [0.1, 0.15) is 47.1 Å². The van der Waals surface area contributed by atoms with Gasteiger partial charge in [-0.2, -0.15) is 0 Å². The van der Waals surface area contributed by atoms with Gasteiger partial charge in [0.25, 0.3) is 0 Å². The number of rotatable bonds is 1. The summed E-state index contributed by atoms with van der Waals surface area (Å²) in [7, 11) is 0. The SMILES string of the molecule is CC(C)(C)C1(C(C)(C)C)C=CC=C(c2ccccc2)C1O. The Labute approximate surface area is 129 Å². The lowest BCUT2D eigenvalue weighted by atomic mass is 9.49. The van der Waals surface area contributed by atoms with Gasteiger partial charge >= 0.3 is 0 Å². The van der Waals surface area contributed by atoms with Crippen molar-refractivity contribution in [2.24, 2.45) is 16.2 Å². The molecule has 1 unspecified atom stereocenters. The molecule has 1 atom stereocenters. The van der Waals surface area contributed by atoms with Crippen LogP contribution in [0, 0.1) is 16.2 Å². The van der Waals surface area contributed by atoms with E-state index in [0.717, 1.165) is 11.1 Å². The molecule has 0 bridgehead atoms. The average molecular weight is 284 g/mol. The summed E-state index contributed by atoms with van der Waals surface area (Å²) in [6.45, 7) is 13.3. The number of hydrogen-bond acceptors (Lipinski definition) is 1. The number of aliphatic hydroxyl groups is 1. The van der Waals surface area contributed by atoms with Gasteiger partial charge in [-0.1, -0.05) is 90.1 Å². The highest BCUT2D eigenvalue weighted by molar-refractivity contribution is 5.73. The van der Waals surface area contributed by atoms with E-state index in [4.69, 9.17) is 0 Å². The molecule has 0 aromatic heterocycles. The van der Waals surface area contributed by atoms with Gasteiger partial charge in [0, 0.05) is 5.41 Å². The average Bonchev–Trinajstić information content (AvgIpc) is 2.37. The molecule has 1 nitrogen and oxygen atoms in total. The fourth-order valence-electron chi connectivity index (χ4n) is 4.06. The van der Waals surface area contributed by atoms with Gasteiger partial charge in [-0.25, -0.2) is 0 Å². The molecule has 114 valence electrons. The first-order chi connectivity index (χ1) is 9.61. The van der Waals surface area contributed by atoms with E-state index in [0.29, 0.717) is 0 Å². The monoisotopic (exact) mass is 284 g/mol. The summed E-state index contributed by atoms with van der Waals surface area (Å²) in [4.78, 5) is 0. The molecule has 0 radical (unpaired) electrons. The molecule has 0 saturated carbocycles. The van der Waals surface area contributed by atoms with E-state index in [9.17, 15) is 5.11 Å². The summed E-state index contributed by atoms with van der Waals surface area (Å²) in [5, 5.41) is 11.3. The third-order valence-corrected chi connectivity index (χ3v) is 4.95. The fraction of sp³-hybridized carbons (Fsp3) is 0.500. The molecule has 0 saturated heterocycles. The zero-order valence-electron chi connectivity index (χ0n) is 14.1. The van der Waals surface area contributed by atoms with Crippen molar-refractivity contribution in [3.05, 3.63) is 54.1 Å². The van der Waals surface area contributed by atoms with Crippen molar-refractivity contribution in [1.82, 2.24) is 0 Å². The minimum absolute atomic E-state index is 0.0462. The standard InChI is InChI=1S/C20H28O/c1-18(2,3)20(19(4,5)6)14-10-13-16(17(20)21)15-11-8-7-9-12-15/h7-14,17,21H,1-6H3. The van der Waals surface area contributed by atoms with Crippen LogP contribution in [0.2, 0.25) is 0 Å². The summed E-state index contributed by atoms with van der Waals surface area (Å²) in [6, 6.07) is 10.2. The van der Waals surface area contributed by atoms with Gasteiger partial charge in [0.2, 0.25) is 0 Å². The summed E-state index contributed by atoms with van der Waals surface area (Å²) in [6.07, 6.45) is 5.87. The Hall–Kier alpha value is -1.34. The highest BCUT2D eigenvalue weighted by Crippen LogP contribution is 2.58. The van der Waals surface area contributed by atoms with Gasteiger partial charge in [0.05, 0.1) is 6.10 Å². The third-order valence-electron chi connectivity index (χ3n) is 4.95. The van der Waals surface area contributed by atoms with Crippen molar-refractivity contribution in [3.8, 4) is 0 Å². The van der Waals surface area contributed by atoms with Crippen LogP contribution in [0.15, 0.2) is 48.6 Å². The molecule has 1 aliphatic carbocycles. The molecule has 0 aliphatic heterocycles. The summed E-state index contributed by atoms with van der Waals surface area (Å²) in [5.74, 6) is 0. The van der Waals surface area contributed by atoms with Crippen molar-refractivity contribution < 1.29 is 5.11 Å². The van der Waals surface area contributed by atoms with Crippen LogP contribution in [0.3, 0.4) is 0 Å². The molecule has 0 heterocycles. The van der Waals surface area contributed by atoms with Crippen molar-refractivity contribution in [2.45, 2.75) is 47.6 Å². The summed E-state index contributed by atoms with van der Waals surface area (Å²) < 4.78 is 0. The van der Waals surface area contributed by atoms with Crippen molar-refractivity contribution >= 4 is 5.57 Å². The Morgan fingerprint density at radius 1 is 0.905 bits per heavy atom. The van der Waals surface area contributed by atoms with Gasteiger partial charge < -0.3 is 5.11 Å². The molecular weight excluding hydrogens is 256 g/mol. The van der Waals surface area contributed by atoms with Gasteiger partial charge in [-0.05, 0) is 22.0 Å². The van der Waals surface area contributed by atoms with Crippen LogP contribution >= 0.6 is 0 Å². The second-order valence-electron chi connectivity index (χ2n) is 8.12. The van der Waals surface area contributed by atoms with E-state index in [1.165, 1.54) is 0 Å². The van der Waals surface area contributed by atoms with Crippen molar-refractivity contribution in [1.29, 1.82) is 0 Å². The van der Waals surface area contributed by atoms with Crippen LogP contribution in [0.25, 0.3) is 5.57 Å². The van der Waals surface area contributed by atoms with Crippen LogP contribution in [-0.2, 0) is 0 Å². The maximum absolute atomic E-state index is 11.3. The number of aliphatic hydroxyl groups excluding tert-OH is 1. The van der Waals surface area contributed by atoms with E-state index in [2.05, 4.69) is 71.9 Å². The minimum Gasteiger partial charge on any atom is -0.387 e. The maximum atomic E-state index is 11.3. The van der Waals surface area contributed by atoms with Gasteiger partial charge in [0.1, 0.15) is 0 Å². The van der Waals surface area contributed by atoms with Crippen LogP contribution < -0.4 is 0 Å². The molecule has 2 rings (SSSR count). The highest BCUT2D eigenvalue weighted by atomic mass is 16.3. The molecular formula is C20H28O.